The number of nitrogens with one attached hydrogen (secondary N) is 1. The molecule has 1 atom stereocenters. The van der Waals surface area contributed by atoms with Crippen LogP contribution in [0.25, 0.3) is 11.4 Å². The minimum atomic E-state index is -0.258. The molecule has 0 radical (unpaired) electrons. The van der Waals surface area contributed by atoms with Gasteiger partial charge in [0.15, 0.2) is 12.5 Å². The van der Waals surface area contributed by atoms with Crippen molar-refractivity contribution in [1.82, 2.24) is 14.3 Å². The average molecular weight is 357 g/mol. The Morgan fingerprint density at radius 2 is 1.80 bits per heavy atom. The molecule has 0 aliphatic rings. The Hall–Kier alpha value is -2.31. The Morgan fingerprint density at radius 3 is 2.48 bits per heavy atom. The van der Waals surface area contributed by atoms with E-state index in [2.05, 4.69) is 43.3 Å². The lowest BCUT2D eigenvalue weighted by atomic mass is 10.1. The number of rotatable bonds is 5. The van der Waals surface area contributed by atoms with E-state index in [0.29, 0.717) is 11.4 Å². The molecule has 1 heterocycles. The fraction of sp³-hybridized carbons (Fsp3) is 0.263. The van der Waals surface area contributed by atoms with Gasteiger partial charge in [-0.15, -0.1) is 5.10 Å². The first-order chi connectivity index (χ1) is 12.0. The summed E-state index contributed by atoms with van der Waals surface area (Å²) in [5, 5.41) is 4.65. The quantitative estimate of drug-likeness (QED) is 0.711. The second-order valence-electron chi connectivity index (χ2n) is 6.39. The first-order valence-electron chi connectivity index (χ1n) is 8.21. The molecule has 0 aliphatic heterocycles. The van der Waals surface area contributed by atoms with E-state index in [0.717, 1.165) is 17.9 Å². The Bertz CT molecular complexity index is 927. The molecule has 0 bridgehead atoms. The second-order valence-corrected chi connectivity index (χ2v) is 6.76. The van der Waals surface area contributed by atoms with E-state index >= 15 is 0 Å². The van der Waals surface area contributed by atoms with E-state index in [-0.39, 0.29) is 5.82 Å². The molecule has 0 fully saturated rings. The van der Waals surface area contributed by atoms with Crippen molar-refractivity contribution < 1.29 is 9.29 Å². The van der Waals surface area contributed by atoms with Gasteiger partial charge in [0.25, 0.3) is 0 Å². The van der Waals surface area contributed by atoms with Gasteiger partial charge in [-0.05, 0) is 49.0 Å². The molecule has 0 saturated heterocycles. The SMILES string of the molecule is Cc1ccccc1C[NH+](C)Cn1nc(-c2ccc(F)cc2)n(C)c1=S. The number of aryl methyl sites for hydroxylation is 1. The lowest BCUT2D eigenvalue weighted by Crippen LogP contribution is -3.07. The molecule has 0 saturated carbocycles. The molecule has 2 aromatic carbocycles. The van der Waals surface area contributed by atoms with E-state index in [1.165, 1.54) is 28.2 Å². The van der Waals surface area contributed by atoms with Gasteiger partial charge in [0.05, 0.1) is 7.05 Å². The molecule has 1 N–H and O–H groups in total. The predicted molar refractivity (Wildman–Crippen MR) is 99.2 cm³/mol. The average Bonchev–Trinajstić information content (AvgIpc) is 2.86. The maximum absolute atomic E-state index is 13.1. The summed E-state index contributed by atoms with van der Waals surface area (Å²) in [6, 6.07) is 14.7. The molecule has 1 aromatic heterocycles. The minimum Gasteiger partial charge on any atom is -0.315 e. The smallest absolute Gasteiger partial charge is 0.202 e. The molecular weight excluding hydrogens is 335 g/mol. The van der Waals surface area contributed by atoms with E-state index in [1.807, 2.05) is 16.3 Å². The fourth-order valence-corrected chi connectivity index (χ4v) is 3.08. The topological polar surface area (TPSA) is 27.2 Å². The standard InChI is InChI=1S/C19H21FN4S/c1-14-6-4-5-7-16(14)12-22(2)13-24-19(25)23(3)18(21-24)15-8-10-17(20)11-9-15/h4-11H,12-13H2,1-3H3/p+1. The fourth-order valence-electron chi connectivity index (χ4n) is 2.89. The molecule has 3 aromatic rings. The van der Waals surface area contributed by atoms with Gasteiger partial charge < -0.3 is 9.47 Å². The molecule has 6 heteroatoms. The van der Waals surface area contributed by atoms with Crippen molar-refractivity contribution in [1.29, 1.82) is 0 Å². The highest BCUT2D eigenvalue weighted by Gasteiger charge is 2.13. The number of hydrogen-bond acceptors (Lipinski definition) is 2. The van der Waals surface area contributed by atoms with Crippen LogP contribution in [0.2, 0.25) is 0 Å². The minimum absolute atomic E-state index is 0.258. The largest absolute Gasteiger partial charge is 0.315 e. The van der Waals surface area contributed by atoms with Crippen LogP contribution in [-0.2, 0) is 20.3 Å². The summed E-state index contributed by atoms with van der Waals surface area (Å²) < 4.78 is 17.5. The van der Waals surface area contributed by atoms with Crippen LogP contribution >= 0.6 is 12.2 Å². The first-order valence-corrected chi connectivity index (χ1v) is 8.62. The summed E-state index contributed by atoms with van der Waals surface area (Å²) in [6.07, 6.45) is 0. The van der Waals surface area contributed by atoms with Crippen molar-refractivity contribution in [3.63, 3.8) is 0 Å². The molecule has 1 unspecified atom stereocenters. The van der Waals surface area contributed by atoms with E-state index in [9.17, 15) is 4.39 Å². The Morgan fingerprint density at radius 1 is 1.12 bits per heavy atom. The molecule has 25 heavy (non-hydrogen) atoms. The predicted octanol–water partition coefficient (Wildman–Crippen LogP) is 2.74. The third kappa shape index (κ3) is 3.86. The normalized spacial score (nSPS) is 12.3. The first kappa shape index (κ1) is 17.5. The van der Waals surface area contributed by atoms with Gasteiger partial charge in [0.2, 0.25) is 4.77 Å². The summed E-state index contributed by atoms with van der Waals surface area (Å²) in [6.45, 7) is 3.70. The van der Waals surface area contributed by atoms with Crippen LogP contribution in [0.4, 0.5) is 4.39 Å². The van der Waals surface area contributed by atoms with Gasteiger partial charge in [-0.1, -0.05) is 24.3 Å². The number of quaternary nitrogens is 1. The van der Waals surface area contributed by atoms with Crippen LogP contribution in [0.1, 0.15) is 11.1 Å². The van der Waals surface area contributed by atoms with Gasteiger partial charge in [0, 0.05) is 18.2 Å². The Balaban J connectivity index is 1.81. The summed E-state index contributed by atoms with van der Waals surface area (Å²) >= 11 is 5.52. The zero-order chi connectivity index (χ0) is 18.0. The molecular formula is C19H22FN4S+. The number of nitrogens with zero attached hydrogens (tertiary/aromatic N) is 3. The van der Waals surface area contributed by atoms with Crippen LogP contribution in [-0.4, -0.2) is 21.4 Å². The van der Waals surface area contributed by atoms with Gasteiger partial charge >= 0.3 is 0 Å². The van der Waals surface area contributed by atoms with Gasteiger partial charge in [-0.2, -0.15) is 4.68 Å². The number of aromatic nitrogens is 3. The second kappa shape index (κ2) is 7.29. The maximum Gasteiger partial charge on any atom is 0.202 e. The van der Waals surface area contributed by atoms with Crippen molar-refractivity contribution in [3.05, 3.63) is 70.2 Å². The number of benzene rings is 2. The molecule has 0 aliphatic carbocycles. The molecule has 130 valence electrons. The summed E-state index contributed by atoms with van der Waals surface area (Å²) in [4.78, 5) is 1.29. The summed E-state index contributed by atoms with van der Waals surface area (Å²) in [5.74, 6) is 0.487. The third-order valence-corrected chi connectivity index (χ3v) is 4.80. The maximum atomic E-state index is 13.1. The van der Waals surface area contributed by atoms with Crippen molar-refractivity contribution in [2.45, 2.75) is 20.1 Å². The van der Waals surface area contributed by atoms with Gasteiger partial charge in [-0.25, -0.2) is 4.39 Å². The summed E-state index contributed by atoms with van der Waals surface area (Å²) in [5.41, 5.74) is 3.46. The van der Waals surface area contributed by atoms with Crippen molar-refractivity contribution in [2.75, 3.05) is 7.05 Å². The van der Waals surface area contributed by atoms with E-state index in [4.69, 9.17) is 12.2 Å². The lowest BCUT2D eigenvalue weighted by molar-refractivity contribution is -0.917. The highest BCUT2D eigenvalue weighted by molar-refractivity contribution is 7.71. The lowest BCUT2D eigenvalue weighted by Gasteiger charge is -2.15. The molecule has 0 spiro atoms. The van der Waals surface area contributed by atoms with Gasteiger partial charge in [0.1, 0.15) is 12.4 Å². The highest BCUT2D eigenvalue weighted by atomic mass is 32.1. The van der Waals surface area contributed by atoms with Crippen LogP contribution in [0.3, 0.4) is 0 Å². The third-order valence-electron chi connectivity index (χ3n) is 4.32. The van der Waals surface area contributed by atoms with Crippen LogP contribution in [0.5, 0.6) is 0 Å². The number of hydrogen-bond donors (Lipinski definition) is 1. The van der Waals surface area contributed by atoms with Crippen molar-refractivity contribution in [2.24, 2.45) is 7.05 Å². The van der Waals surface area contributed by atoms with Crippen molar-refractivity contribution >= 4 is 12.2 Å². The highest BCUT2D eigenvalue weighted by Crippen LogP contribution is 2.17. The Kier molecular flexibility index (Phi) is 5.11. The van der Waals surface area contributed by atoms with Crippen LogP contribution < -0.4 is 4.90 Å². The zero-order valence-electron chi connectivity index (χ0n) is 14.7. The van der Waals surface area contributed by atoms with E-state index in [1.54, 1.807) is 12.1 Å². The van der Waals surface area contributed by atoms with E-state index < -0.39 is 0 Å². The zero-order valence-corrected chi connectivity index (χ0v) is 15.5. The summed E-state index contributed by atoms with van der Waals surface area (Å²) in [7, 11) is 4.02. The van der Waals surface area contributed by atoms with Crippen molar-refractivity contribution in [3.8, 4) is 11.4 Å². The number of halogens is 1. The molecule has 3 rings (SSSR count). The molecule has 0 amide bonds. The molecule has 4 nitrogen and oxygen atoms in total. The van der Waals surface area contributed by atoms with Crippen LogP contribution in [0, 0.1) is 17.5 Å². The van der Waals surface area contributed by atoms with Gasteiger partial charge in [-0.3, -0.25) is 0 Å². The monoisotopic (exact) mass is 357 g/mol. The Labute approximate surface area is 152 Å². The van der Waals surface area contributed by atoms with Crippen LogP contribution in [0.15, 0.2) is 48.5 Å².